The number of anilines is 1. The Kier molecular flexibility index (Phi) is 6.30. The minimum atomic E-state index is -3.53. The van der Waals surface area contributed by atoms with Crippen LogP contribution >= 0.6 is 0 Å². The van der Waals surface area contributed by atoms with E-state index in [0.717, 1.165) is 9.87 Å². The Bertz CT molecular complexity index is 820. The number of rotatable bonds is 7. The summed E-state index contributed by atoms with van der Waals surface area (Å²) in [5, 5.41) is 5.86. The summed E-state index contributed by atoms with van der Waals surface area (Å²) in [7, 11) is -0.595. The maximum Gasteiger partial charge on any atom is 0.242 e. The third kappa shape index (κ3) is 5.12. The first-order valence-corrected chi connectivity index (χ1v) is 9.35. The fourth-order valence-corrected chi connectivity index (χ4v) is 3.20. The molecule has 0 saturated heterocycles. The molecular weight excluding hydrogens is 338 g/mol. The molecule has 7 heteroatoms. The fraction of sp³-hybridized carbons (Fsp3) is 0.278. The monoisotopic (exact) mass is 361 g/mol. The summed E-state index contributed by atoms with van der Waals surface area (Å²) in [6.45, 7) is 2.10. The molecule has 2 aromatic rings. The molecule has 6 nitrogen and oxygen atoms in total. The van der Waals surface area contributed by atoms with Crippen LogP contribution in [0.1, 0.15) is 18.5 Å². The van der Waals surface area contributed by atoms with E-state index in [4.69, 9.17) is 0 Å². The topological polar surface area (TPSA) is 78.5 Å². The van der Waals surface area contributed by atoms with Gasteiger partial charge in [0.05, 0.1) is 11.4 Å². The molecule has 0 aliphatic carbocycles. The van der Waals surface area contributed by atoms with Gasteiger partial charge in [0.1, 0.15) is 0 Å². The van der Waals surface area contributed by atoms with Crippen LogP contribution in [-0.4, -0.2) is 39.3 Å². The number of benzene rings is 2. The Labute approximate surface area is 148 Å². The Balaban J connectivity index is 1.97. The number of carbonyl (C=O) groups excluding carboxylic acids is 1. The number of sulfonamides is 1. The van der Waals surface area contributed by atoms with E-state index in [-0.39, 0.29) is 23.4 Å². The van der Waals surface area contributed by atoms with Crippen molar-refractivity contribution in [2.24, 2.45) is 0 Å². The summed E-state index contributed by atoms with van der Waals surface area (Å²) in [5.74, 6) is -0.234. The molecule has 1 amide bonds. The highest BCUT2D eigenvalue weighted by molar-refractivity contribution is 7.89. The minimum absolute atomic E-state index is 0.0346. The summed E-state index contributed by atoms with van der Waals surface area (Å²) < 4.78 is 25.4. The van der Waals surface area contributed by atoms with E-state index in [9.17, 15) is 13.2 Å². The second-order valence-electron chi connectivity index (χ2n) is 5.88. The van der Waals surface area contributed by atoms with Crippen molar-refractivity contribution in [3.8, 4) is 0 Å². The van der Waals surface area contributed by atoms with Gasteiger partial charge in [-0.2, -0.15) is 0 Å². The predicted molar refractivity (Wildman–Crippen MR) is 98.8 cm³/mol. The van der Waals surface area contributed by atoms with Crippen LogP contribution in [0.25, 0.3) is 0 Å². The zero-order valence-corrected chi connectivity index (χ0v) is 15.4. The maximum absolute atomic E-state index is 12.1. The lowest BCUT2D eigenvalue weighted by Crippen LogP contribution is -2.30. The Morgan fingerprint density at radius 2 is 1.76 bits per heavy atom. The van der Waals surface area contributed by atoms with Crippen LogP contribution < -0.4 is 10.6 Å². The molecule has 2 N–H and O–H groups in total. The van der Waals surface area contributed by atoms with Gasteiger partial charge in [0.25, 0.3) is 0 Å². The van der Waals surface area contributed by atoms with E-state index in [1.54, 1.807) is 12.1 Å². The van der Waals surface area contributed by atoms with Crippen LogP contribution in [0.5, 0.6) is 0 Å². The van der Waals surface area contributed by atoms with Crippen molar-refractivity contribution in [1.82, 2.24) is 9.62 Å². The van der Waals surface area contributed by atoms with E-state index >= 15 is 0 Å². The minimum Gasteiger partial charge on any atom is -0.325 e. The molecule has 1 atom stereocenters. The molecule has 0 unspecified atom stereocenters. The SMILES string of the molecule is C[C@@H](NCC(=O)Nc1cccc(S(=O)(=O)N(C)C)c1)c1ccccc1. The molecule has 0 radical (unpaired) electrons. The van der Waals surface area contributed by atoms with Crippen LogP contribution in [0.15, 0.2) is 59.5 Å². The predicted octanol–water partition coefficient (Wildman–Crippen LogP) is 2.23. The van der Waals surface area contributed by atoms with E-state index < -0.39 is 10.0 Å². The second kappa shape index (κ2) is 8.24. The average Bonchev–Trinajstić information content (AvgIpc) is 2.60. The van der Waals surface area contributed by atoms with Gasteiger partial charge >= 0.3 is 0 Å². The molecule has 0 saturated carbocycles. The summed E-state index contributed by atoms with van der Waals surface area (Å²) in [5.41, 5.74) is 1.54. The van der Waals surface area contributed by atoms with Crippen molar-refractivity contribution in [2.45, 2.75) is 17.9 Å². The number of carbonyl (C=O) groups is 1. The van der Waals surface area contributed by atoms with Gasteiger partial charge in [-0.1, -0.05) is 36.4 Å². The third-order valence-corrected chi connectivity index (χ3v) is 5.58. The number of nitrogens with one attached hydrogen (secondary N) is 2. The van der Waals surface area contributed by atoms with E-state index in [2.05, 4.69) is 10.6 Å². The standard InChI is InChI=1S/C18H23N3O3S/c1-14(15-8-5-4-6-9-15)19-13-18(22)20-16-10-7-11-17(12-16)25(23,24)21(2)3/h4-12,14,19H,13H2,1-3H3,(H,20,22)/t14-/m1/s1. The largest absolute Gasteiger partial charge is 0.325 e. The lowest BCUT2D eigenvalue weighted by molar-refractivity contribution is -0.115. The highest BCUT2D eigenvalue weighted by atomic mass is 32.2. The summed E-state index contributed by atoms with van der Waals surface area (Å²) in [6.07, 6.45) is 0. The van der Waals surface area contributed by atoms with Gasteiger partial charge in [-0.05, 0) is 30.7 Å². The number of nitrogens with zero attached hydrogens (tertiary/aromatic N) is 1. The molecule has 134 valence electrons. The Hall–Kier alpha value is -2.22. The van der Waals surface area contributed by atoms with Crippen molar-refractivity contribution < 1.29 is 13.2 Å². The normalized spacial score (nSPS) is 12.8. The first-order valence-electron chi connectivity index (χ1n) is 7.91. The summed E-state index contributed by atoms with van der Waals surface area (Å²) in [4.78, 5) is 12.2. The number of amides is 1. The average molecular weight is 361 g/mol. The molecule has 2 aromatic carbocycles. The Morgan fingerprint density at radius 3 is 2.40 bits per heavy atom. The summed E-state index contributed by atoms with van der Waals surface area (Å²) >= 11 is 0. The molecule has 0 spiro atoms. The highest BCUT2D eigenvalue weighted by Gasteiger charge is 2.17. The first kappa shape index (κ1) is 19.1. The molecule has 0 fully saturated rings. The van der Waals surface area contributed by atoms with Crippen molar-refractivity contribution in [3.05, 3.63) is 60.2 Å². The van der Waals surface area contributed by atoms with Gasteiger partial charge in [0.2, 0.25) is 15.9 Å². The summed E-state index contributed by atoms with van der Waals surface area (Å²) in [6, 6.07) is 16.1. The smallest absolute Gasteiger partial charge is 0.242 e. The molecule has 0 bridgehead atoms. The molecule has 25 heavy (non-hydrogen) atoms. The van der Waals surface area contributed by atoms with E-state index in [0.29, 0.717) is 5.69 Å². The second-order valence-corrected chi connectivity index (χ2v) is 8.03. The molecule has 0 heterocycles. The van der Waals surface area contributed by atoms with Gasteiger partial charge < -0.3 is 10.6 Å². The van der Waals surface area contributed by atoms with E-state index in [1.807, 2.05) is 37.3 Å². The zero-order chi connectivity index (χ0) is 18.4. The number of hydrogen-bond donors (Lipinski definition) is 2. The molecule has 0 aromatic heterocycles. The molecule has 0 aliphatic rings. The van der Waals surface area contributed by atoms with Gasteiger partial charge in [-0.25, -0.2) is 12.7 Å². The number of hydrogen-bond acceptors (Lipinski definition) is 4. The van der Waals surface area contributed by atoms with Crippen LogP contribution in [0.4, 0.5) is 5.69 Å². The van der Waals surface area contributed by atoms with Crippen molar-refractivity contribution >= 4 is 21.6 Å². The van der Waals surface area contributed by atoms with Crippen LogP contribution in [0.2, 0.25) is 0 Å². The van der Waals surface area contributed by atoms with Gasteiger partial charge in [-0.3, -0.25) is 4.79 Å². The third-order valence-electron chi connectivity index (χ3n) is 3.76. The lowest BCUT2D eigenvalue weighted by Gasteiger charge is -2.15. The lowest BCUT2D eigenvalue weighted by atomic mass is 10.1. The van der Waals surface area contributed by atoms with Gasteiger partial charge in [-0.15, -0.1) is 0 Å². The Morgan fingerprint density at radius 1 is 1.08 bits per heavy atom. The van der Waals surface area contributed by atoms with E-state index in [1.165, 1.54) is 26.2 Å². The van der Waals surface area contributed by atoms with Crippen molar-refractivity contribution in [2.75, 3.05) is 26.0 Å². The van der Waals surface area contributed by atoms with Crippen molar-refractivity contribution in [1.29, 1.82) is 0 Å². The molecular formula is C18H23N3O3S. The molecule has 0 aliphatic heterocycles. The van der Waals surface area contributed by atoms with Gasteiger partial charge in [0, 0.05) is 25.8 Å². The quantitative estimate of drug-likeness (QED) is 0.793. The highest BCUT2D eigenvalue weighted by Crippen LogP contribution is 2.18. The van der Waals surface area contributed by atoms with Crippen LogP contribution in [0.3, 0.4) is 0 Å². The first-order chi connectivity index (χ1) is 11.8. The fourth-order valence-electron chi connectivity index (χ4n) is 2.26. The van der Waals surface area contributed by atoms with Gasteiger partial charge in [0.15, 0.2) is 0 Å². The molecule has 2 rings (SSSR count). The van der Waals surface area contributed by atoms with Crippen LogP contribution in [0, 0.1) is 0 Å². The zero-order valence-electron chi connectivity index (χ0n) is 14.6. The maximum atomic E-state index is 12.1. The van der Waals surface area contributed by atoms with Crippen molar-refractivity contribution in [3.63, 3.8) is 0 Å². The van der Waals surface area contributed by atoms with Crippen LogP contribution in [-0.2, 0) is 14.8 Å².